The average molecular weight is 267 g/mol. The van der Waals surface area contributed by atoms with Crippen LogP contribution in [0.3, 0.4) is 0 Å². The molecule has 2 nitrogen and oxygen atoms in total. The normalized spacial score (nSPS) is 11.4. The zero-order valence-electron chi connectivity index (χ0n) is 10.8. The molecule has 0 radical (unpaired) electrons. The highest BCUT2D eigenvalue weighted by Crippen LogP contribution is 2.19. The van der Waals surface area contributed by atoms with Gasteiger partial charge < -0.3 is 0 Å². The van der Waals surface area contributed by atoms with Gasteiger partial charge in [0.05, 0.1) is 12.1 Å². The first-order valence-corrected chi connectivity index (χ1v) is 7.10. The molecule has 0 bridgehead atoms. The second-order valence-electron chi connectivity index (χ2n) is 4.37. The molecule has 0 saturated carbocycles. The van der Waals surface area contributed by atoms with Gasteiger partial charge in [-0.3, -0.25) is 4.99 Å². The molecule has 19 heavy (non-hydrogen) atoms. The van der Waals surface area contributed by atoms with Crippen LogP contribution in [-0.2, 0) is 13.5 Å². The molecule has 3 aromatic rings. The number of para-hydroxylation sites is 2. The number of hydrogen-bond donors (Lipinski definition) is 0. The van der Waals surface area contributed by atoms with Crippen molar-refractivity contribution in [2.75, 3.05) is 0 Å². The lowest BCUT2D eigenvalue weighted by Gasteiger charge is -1.91. The van der Waals surface area contributed by atoms with Gasteiger partial charge in [-0.1, -0.05) is 41.7 Å². The van der Waals surface area contributed by atoms with Crippen LogP contribution in [0.4, 0.5) is 5.69 Å². The van der Waals surface area contributed by atoms with Crippen LogP contribution >= 0.6 is 11.3 Å². The number of rotatable bonds is 3. The molecule has 1 heterocycles. The number of aliphatic imine (C=N–C) groups is 1. The third kappa shape index (κ3) is 2.56. The van der Waals surface area contributed by atoms with Crippen LogP contribution in [0.1, 0.15) is 5.01 Å². The number of aryl methyl sites for hydroxylation is 1. The molecule has 0 aliphatic carbocycles. The Bertz CT molecular complexity index is 714. The Morgan fingerprint density at radius 2 is 1.79 bits per heavy atom. The van der Waals surface area contributed by atoms with Gasteiger partial charge in [-0.05, 0) is 18.2 Å². The Labute approximate surface area is 116 Å². The minimum absolute atomic E-state index is 0.866. The Morgan fingerprint density at radius 3 is 2.58 bits per heavy atom. The first-order chi connectivity index (χ1) is 9.34. The van der Waals surface area contributed by atoms with Gasteiger partial charge in [0.2, 0.25) is 10.5 Å². The fourth-order valence-corrected chi connectivity index (χ4v) is 3.18. The van der Waals surface area contributed by atoms with E-state index in [1.165, 1.54) is 15.2 Å². The maximum Gasteiger partial charge on any atom is 0.243 e. The van der Waals surface area contributed by atoms with E-state index in [0.29, 0.717) is 0 Å². The summed E-state index contributed by atoms with van der Waals surface area (Å²) < 4.78 is 3.57. The van der Waals surface area contributed by atoms with Crippen molar-refractivity contribution in [2.24, 2.45) is 12.0 Å². The molecule has 0 aliphatic heterocycles. The third-order valence-electron chi connectivity index (χ3n) is 3.09. The van der Waals surface area contributed by atoms with E-state index >= 15 is 0 Å². The molecule has 1 aromatic heterocycles. The molecule has 2 aromatic carbocycles. The fourth-order valence-electron chi connectivity index (χ4n) is 2.07. The standard InChI is InChI=1S/C16H15N2S/c1-18-14-9-5-6-10-15(14)19-16(18)11-12-17-13-7-3-2-4-8-13/h2-10,12H,11H2,1H3/q+1. The SMILES string of the molecule is C[n+]1c(CC=Nc2ccccc2)sc2ccccc21. The third-order valence-corrected chi connectivity index (χ3v) is 4.33. The zero-order chi connectivity index (χ0) is 13.1. The van der Waals surface area contributed by atoms with Gasteiger partial charge in [-0.15, -0.1) is 0 Å². The Morgan fingerprint density at radius 1 is 1.05 bits per heavy atom. The molecule has 94 valence electrons. The van der Waals surface area contributed by atoms with Gasteiger partial charge in [0, 0.05) is 12.3 Å². The summed E-state index contributed by atoms with van der Waals surface area (Å²) in [4.78, 5) is 4.48. The van der Waals surface area contributed by atoms with Crippen LogP contribution in [0.25, 0.3) is 10.2 Å². The van der Waals surface area contributed by atoms with Gasteiger partial charge >= 0.3 is 0 Å². The Balaban J connectivity index is 1.82. The lowest BCUT2D eigenvalue weighted by atomic mass is 10.3. The van der Waals surface area contributed by atoms with Crippen LogP contribution < -0.4 is 4.57 Å². The summed E-state index contributed by atoms with van der Waals surface area (Å²) in [6.07, 6.45) is 2.85. The van der Waals surface area contributed by atoms with E-state index in [0.717, 1.165) is 12.1 Å². The molecule has 0 atom stereocenters. The molecule has 0 amide bonds. The minimum atomic E-state index is 0.866. The van der Waals surface area contributed by atoms with Crippen molar-refractivity contribution in [1.29, 1.82) is 0 Å². The topological polar surface area (TPSA) is 16.2 Å². The largest absolute Gasteiger partial charge is 0.261 e. The first kappa shape index (κ1) is 12.1. The van der Waals surface area contributed by atoms with E-state index in [4.69, 9.17) is 0 Å². The summed E-state index contributed by atoms with van der Waals surface area (Å²) in [7, 11) is 2.12. The van der Waals surface area contributed by atoms with E-state index in [2.05, 4.69) is 40.9 Å². The Kier molecular flexibility index (Phi) is 3.38. The molecule has 0 fully saturated rings. The van der Waals surface area contributed by atoms with E-state index in [1.807, 2.05) is 47.9 Å². The van der Waals surface area contributed by atoms with Gasteiger partial charge in [0.1, 0.15) is 11.7 Å². The average Bonchev–Trinajstić information content (AvgIpc) is 2.78. The highest BCUT2D eigenvalue weighted by atomic mass is 32.1. The molecular weight excluding hydrogens is 252 g/mol. The smallest absolute Gasteiger partial charge is 0.243 e. The highest BCUT2D eigenvalue weighted by Gasteiger charge is 2.14. The zero-order valence-corrected chi connectivity index (χ0v) is 11.6. The predicted octanol–water partition coefficient (Wildman–Crippen LogP) is 3.67. The van der Waals surface area contributed by atoms with Crippen molar-refractivity contribution in [2.45, 2.75) is 6.42 Å². The van der Waals surface area contributed by atoms with E-state index in [9.17, 15) is 0 Å². The van der Waals surface area contributed by atoms with Crippen LogP contribution in [0.2, 0.25) is 0 Å². The van der Waals surface area contributed by atoms with Gasteiger partial charge in [-0.2, -0.15) is 4.57 Å². The molecule has 0 saturated heterocycles. The highest BCUT2D eigenvalue weighted by molar-refractivity contribution is 7.18. The molecule has 0 aliphatic rings. The summed E-state index contributed by atoms with van der Waals surface area (Å²) in [5, 5.41) is 1.32. The van der Waals surface area contributed by atoms with Crippen LogP contribution in [0, 0.1) is 0 Å². The number of hydrogen-bond acceptors (Lipinski definition) is 2. The van der Waals surface area contributed by atoms with Gasteiger partial charge in [0.15, 0.2) is 0 Å². The second-order valence-corrected chi connectivity index (χ2v) is 5.49. The van der Waals surface area contributed by atoms with Crippen molar-refractivity contribution in [3.63, 3.8) is 0 Å². The molecule has 0 spiro atoms. The summed E-state index contributed by atoms with van der Waals surface area (Å²) >= 11 is 1.83. The monoisotopic (exact) mass is 267 g/mol. The number of aromatic nitrogens is 1. The molecule has 0 unspecified atom stereocenters. The number of nitrogens with zero attached hydrogens (tertiary/aromatic N) is 2. The van der Waals surface area contributed by atoms with Gasteiger partial charge in [-0.25, -0.2) is 0 Å². The number of fused-ring (bicyclic) bond motifs is 1. The van der Waals surface area contributed by atoms with Crippen molar-refractivity contribution >= 4 is 33.5 Å². The van der Waals surface area contributed by atoms with Gasteiger partial charge in [0.25, 0.3) is 0 Å². The summed E-state index contributed by atoms with van der Waals surface area (Å²) in [5.41, 5.74) is 2.29. The van der Waals surface area contributed by atoms with Crippen LogP contribution in [-0.4, -0.2) is 6.21 Å². The molecule has 0 N–H and O–H groups in total. The Hall–Kier alpha value is -2.00. The summed E-state index contributed by atoms with van der Waals surface area (Å²) in [6, 6.07) is 18.5. The molecule has 3 heteroatoms. The van der Waals surface area contributed by atoms with Crippen LogP contribution in [0.15, 0.2) is 59.6 Å². The van der Waals surface area contributed by atoms with Crippen LogP contribution in [0.5, 0.6) is 0 Å². The van der Waals surface area contributed by atoms with Crippen molar-refractivity contribution in [3.05, 3.63) is 59.6 Å². The quantitative estimate of drug-likeness (QED) is 0.508. The van der Waals surface area contributed by atoms with E-state index in [1.54, 1.807) is 0 Å². The van der Waals surface area contributed by atoms with Crippen molar-refractivity contribution in [3.8, 4) is 0 Å². The molecular formula is C16H15N2S+. The summed E-state index contributed by atoms with van der Waals surface area (Å²) in [6.45, 7) is 0. The second kappa shape index (κ2) is 5.33. The minimum Gasteiger partial charge on any atom is -0.261 e. The van der Waals surface area contributed by atoms with E-state index < -0.39 is 0 Å². The van der Waals surface area contributed by atoms with Crippen molar-refractivity contribution < 1.29 is 4.57 Å². The summed E-state index contributed by atoms with van der Waals surface area (Å²) in [5.74, 6) is 0. The lowest BCUT2D eigenvalue weighted by molar-refractivity contribution is -0.647. The number of thiazole rings is 1. The fraction of sp³-hybridized carbons (Fsp3) is 0.125. The molecule has 3 rings (SSSR count). The van der Waals surface area contributed by atoms with Crippen molar-refractivity contribution in [1.82, 2.24) is 0 Å². The lowest BCUT2D eigenvalue weighted by Crippen LogP contribution is -2.30. The maximum atomic E-state index is 4.48. The van der Waals surface area contributed by atoms with E-state index in [-0.39, 0.29) is 0 Å². The maximum absolute atomic E-state index is 4.48. The first-order valence-electron chi connectivity index (χ1n) is 6.28. The predicted molar refractivity (Wildman–Crippen MR) is 81.3 cm³/mol. The number of benzene rings is 2.